The summed E-state index contributed by atoms with van der Waals surface area (Å²) in [5.74, 6) is 1.14. The molecule has 2 N–H and O–H groups in total. The van der Waals surface area contributed by atoms with Gasteiger partial charge in [-0.1, -0.05) is 18.5 Å². The van der Waals surface area contributed by atoms with E-state index in [1.807, 2.05) is 6.92 Å². The van der Waals surface area contributed by atoms with Gasteiger partial charge in [0.2, 0.25) is 0 Å². The summed E-state index contributed by atoms with van der Waals surface area (Å²) in [6.45, 7) is 3.14. The number of aryl methyl sites for hydroxylation is 1. The molecule has 2 aromatic rings. The van der Waals surface area contributed by atoms with E-state index in [1.54, 1.807) is 22.8 Å². The number of fused-ring (bicyclic) bond motifs is 1. The highest BCUT2D eigenvalue weighted by atomic mass is 35.5. The topological polar surface area (TPSA) is 89.0 Å². The maximum atomic E-state index is 12.5. The quantitative estimate of drug-likeness (QED) is 0.850. The Morgan fingerprint density at radius 1 is 1.48 bits per heavy atom. The van der Waals surface area contributed by atoms with Crippen LogP contribution in [-0.2, 0) is 13.0 Å². The summed E-state index contributed by atoms with van der Waals surface area (Å²) in [7, 11) is 0. The molecule has 1 unspecified atom stereocenters. The zero-order chi connectivity index (χ0) is 17.8. The van der Waals surface area contributed by atoms with Gasteiger partial charge in [-0.05, 0) is 37.5 Å². The van der Waals surface area contributed by atoms with Crippen molar-refractivity contribution in [2.75, 3.05) is 6.61 Å². The van der Waals surface area contributed by atoms with E-state index >= 15 is 0 Å². The summed E-state index contributed by atoms with van der Waals surface area (Å²) in [6.07, 6.45) is 2.96. The molecule has 7 nitrogen and oxygen atoms in total. The van der Waals surface area contributed by atoms with E-state index in [2.05, 4.69) is 15.5 Å². The molecular formula is C17H21ClN4O3. The molecule has 2 heterocycles. The number of amides is 1. The Morgan fingerprint density at radius 2 is 2.32 bits per heavy atom. The molecule has 1 aliphatic rings. The first kappa shape index (κ1) is 17.5. The molecule has 1 aromatic heterocycles. The molecule has 0 radical (unpaired) electrons. The van der Waals surface area contributed by atoms with Gasteiger partial charge in [0.1, 0.15) is 11.6 Å². The van der Waals surface area contributed by atoms with Crippen molar-refractivity contribution in [2.45, 2.75) is 45.2 Å². The molecule has 0 saturated heterocycles. The summed E-state index contributed by atoms with van der Waals surface area (Å²) in [4.78, 5) is 24.1. The second-order valence-electron chi connectivity index (χ2n) is 6.09. The van der Waals surface area contributed by atoms with Crippen molar-refractivity contribution < 1.29 is 9.53 Å². The molecule has 0 bridgehead atoms. The molecule has 1 aliphatic heterocycles. The summed E-state index contributed by atoms with van der Waals surface area (Å²) in [6, 6.07) is 5.03. The second-order valence-corrected chi connectivity index (χ2v) is 6.50. The van der Waals surface area contributed by atoms with Crippen LogP contribution in [0.2, 0.25) is 5.02 Å². The third-order valence-corrected chi connectivity index (χ3v) is 4.54. The van der Waals surface area contributed by atoms with Crippen molar-refractivity contribution in [1.29, 1.82) is 0 Å². The lowest BCUT2D eigenvalue weighted by atomic mass is 10.1. The van der Waals surface area contributed by atoms with Crippen molar-refractivity contribution in [2.24, 2.45) is 0 Å². The van der Waals surface area contributed by atoms with Crippen molar-refractivity contribution in [3.05, 3.63) is 45.1 Å². The minimum Gasteiger partial charge on any atom is -0.492 e. The monoisotopic (exact) mass is 364 g/mol. The highest BCUT2D eigenvalue weighted by Crippen LogP contribution is 2.25. The van der Waals surface area contributed by atoms with Gasteiger partial charge in [0.15, 0.2) is 0 Å². The number of H-pyrrole nitrogens is 1. The number of rotatable bonds is 5. The normalized spacial score (nSPS) is 16.8. The van der Waals surface area contributed by atoms with Crippen LogP contribution in [-0.4, -0.2) is 33.3 Å². The molecule has 1 atom stereocenters. The zero-order valence-corrected chi connectivity index (χ0v) is 14.8. The Morgan fingerprint density at radius 3 is 3.08 bits per heavy atom. The number of hydrogen-bond acceptors (Lipinski definition) is 4. The summed E-state index contributed by atoms with van der Waals surface area (Å²) < 4.78 is 7.15. The number of hydrogen-bond donors (Lipinski definition) is 2. The van der Waals surface area contributed by atoms with E-state index in [1.165, 1.54) is 0 Å². The highest BCUT2D eigenvalue weighted by molar-refractivity contribution is 6.32. The number of aromatic amines is 1. The molecule has 1 aromatic carbocycles. The van der Waals surface area contributed by atoms with Gasteiger partial charge < -0.3 is 10.1 Å². The van der Waals surface area contributed by atoms with Crippen LogP contribution in [0.1, 0.15) is 42.4 Å². The van der Waals surface area contributed by atoms with Crippen molar-refractivity contribution >= 4 is 17.5 Å². The van der Waals surface area contributed by atoms with E-state index in [0.717, 1.165) is 18.7 Å². The molecule has 1 amide bonds. The fraction of sp³-hybridized carbons (Fsp3) is 0.471. The van der Waals surface area contributed by atoms with E-state index in [-0.39, 0.29) is 17.6 Å². The molecular weight excluding hydrogens is 344 g/mol. The van der Waals surface area contributed by atoms with E-state index in [9.17, 15) is 9.59 Å². The fourth-order valence-corrected chi connectivity index (χ4v) is 3.12. The van der Waals surface area contributed by atoms with Gasteiger partial charge in [0.25, 0.3) is 5.91 Å². The standard InChI is InChI=1S/C17H21ClN4O3/c1-2-9-25-14-5-3-11(10-13(14)18)16(23)19-12-4-6-15-20-21-17(24)22(15)8-7-12/h3,5,10,12H,2,4,6-9H2,1H3,(H,19,23)(H,21,24). The molecule has 134 valence electrons. The predicted octanol–water partition coefficient (Wildman–Crippen LogP) is 2.15. The summed E-state index contributed by atoms with van der Waals surface area (Å²) >= 11 is 6.19. The lowest BCUT2D eigenvalue weighted by Gasteiger charge is -2.16. The number of nitrogens with zero attached hydrogens (tertiary/aromatic N) is 2. The molecule has 0 saturated carbocycles. The number of nitrogens with one attached hydrogen (secondary N) is 2. The van der Waals surface area contributed by atoms with E-state index in [0.29, 0.717) is 42.3 Å². The fourth-order valence-electron chi connectivity index (χ4n) is 2.89. The number of carbonyl (C=O) groups excluding carboxylic acids is 1. The van der Waals surface area contributed by atoms with Crippen LogP contribution in [0.4, 0.5) is 0 Å². The summed E-state index contributed by atoms with van der Waals surface area (Å²) in [5.41, 5.74) is 0.296. The van der Waals surface area contributed by atoms with Gasteiger partial charge in [-0.25, -0.2) is 9.89 Å². The molecule has 0 fully saturated rings. The van der Waals surface area contributed by atoms with Crippen molar-refractivity contribution in [1.82, 2.24) is 20.1 Å². The van der Waals surface area contributed by atoms with Gasteiger partial charge in [-0.2, -0.15) is 5.10 Å². The third kappa shape index (κ3) is 4.04. The molecule has 3 rings (SSSR count). The number of halogens is 1. The Bertz CT molecular complexity index is 814. The van der Waals surface area contributed by atoms with Crippen LogP contribution in [0.5, 0.6) is 5.75 Å². The number of benzene rings is 1. The molecule has 0 aliphatic carbocycles. The minimum atomic E-state index is -0.198. The Kier molecular flexibility index (Phi) is 5.43. The van der Waals surface area contributed by atoms with Crippen LogP contribution in [0.25, 0.3) is 0 Å². The highest BCUT2D eigenvalue weighted by Gasteiger charge is 2.21. The Balaban J connectivity index is 1.62. The van der Waals surface area contributed by atoms with Gasteiger partial charge >= 0.3 is 5.69 Å². The second kappa shape index (κ2) is 7.74. The van der Waals surface area contributed by atoms with Gasteiger partial charge in [0.05, 0.1) is 11.6 Å². The first-order chi connectivity index (χ1) is 12.1. The van der Waals surface area contributed by atoms with Crippen molar-refractivity contribution in [3.63, 3.8) is 0 Å². The van der Waals surface area contributed by atoms with Crippen LogP contribution >= 0.6 is 11.6 Å². The van der Waals surface area contributed by atoms with Crippen LogP contribution in [0.3, 0.4) is 0 Å². The van der Waals surface area contributed by atoms with Crippen LogP contribution in [0.15, 0.2) is 23.0 Å². The summed E-state index contributed by atoms with van der Waals surface area (Å²) in [5, 5.41) is 9.92. The maximum Gasteiger partial charge on any atom is 0.343 e. The maximum absolute atomic E-state index is 12.5. The lowest BCUT2D eigenvalue weighted by Crippen LogP contribution is -2.35. The smallest absolute Gasteiger partial charge is 0.343 e. The van der Waals surface area contributed by atoms with Gasteiger partial charge in [-0.15, -0.1) is 0 Å². The lowest BCUT2D eigenvalue weighted by molar-refractivity contribution is 0.0933. The number of ether oxygens (including phenoxy) is 1. The van der Waals surface area contributed by atoms with E-state index < -0.39 is 0 Å². The van der Waals surface area contributed by atoms with Gasteiger partial charge in [-0.3, -0.25) is 9.36 Å². The first-order valence-electron chi connectivity index (χ1n) is 8.45. The SMILES string of the molecule is CCCOc1ccc(C(=O)NC2CCc3n[nH]c(=O)n3CC2)cc1Cl. The number of carbonyl (C=O) groups is 1. The Hall–Kier alpha value is -2.28. The minimum absolute atomic E-state index is 0.0107. The first-order valence-corrected chi connectivity index (χ1v) is 8.83. The average molecular weight is 365 g/mol. The molecule has 8 heteroatoms. The largest absolute Gasteiger partial charge is 0.492 e. The van der Waals surface area contributed by atoms with Crippen molar-refractivity contribution in [3.8, 4) is 5.75 Å². The van der Waals surface area contributed by atoms with Gasteiger partial charge in [0, 0.05) is 24.6 Å². The van der Waals surface area contributed by atoms with Crippen LogP contribution in [0, 0.1) is 0 Å². The molecule has 25 heavy (non-hydrogen) atoms. The van der Waals surface area contributed by atoms with Crippen LogP contribution < -0.4 is 15.7 Å². The third-order valence-electron chi connectivity index (χ3n) is 4.25. The number of aromatic nitrogens is 3. The van der Waals surface area contributed by atoms with E-state index in [4.69, 9.17) is 16.3 Å². The molecule has 0 spiro atoms. The predicted molar refractivity (Wildman–Crippen MR) is 94.3 cm³/mol. The Labute approximate surface area is 150 Å². The average Bonchev–Trinajstić information content (AvgIpc) is 2.83. The zero-order valence-electron chi connectivity index (χ0n) is 14.0.